The van der Waals surface area contributed by atoms with Gasteiger partial charge in [-0.25, -0.2) is 0 Å². The van der Waals surface area contributed by atoms with E-state index in [1.807, 2.05) is 13.8 Å². The molecule has 0 radical (unpaired) electrons. The van der Waals surface area contributed by atoms with Crippen LogP contribution < -0.4 is 11.1 Å². The molecule has 1 rings (SSSR count). The predicted octanol–water partition coefficient (Wildman–Crippen LogP) is 0.387. The zero-order valence-corrected chi connectivity index (χ0v) is 10.4. The van der Waals surface area contributed by atoms with Gasteiger partial charge in [0.25, 0.3) is 0 Å². The quantitative estimate of drug-likeness (QED) is 0.496. The Labute approximate surface area is 93.3 Å². The summed E-state index contributed by atoms with van der Waals surface area (Å²) in [5, 5.41) is 2.71. The molecule has 0 aliphatic carbocycles. The number of carbonyl (C=O) groups excluding carboxylic acids is 1. The Bertz CT molecular complexity index is 75.2. The van der Waals surface area contributed by atoms with E-state index in [4.69, 9.17) is 20.0 Å². The summed E-state index contributed by atoms with van der Waals surface area (Å²) >= 11 is 0. The van der Waals surface area contributed by atoms with Crippen LogP contribution in [0.25, 0.3) is 0 Å². The molecule has 15 heavy (non-hydrogen) atoms. The lowest BCUT2D eigenvalue weighted by Crippen LogP contribution is -2.16. The van der Waals surface area contributed by atoms with E-state index in [1.54, 1.807) is 7.05 Å². The second kappa shape index (κ2) is 29.2. The monoisotopic (exact) mass is 222 g/mol. The third-order valence-corrected chi connectivity index (χ3v) is 0.948. The van der Waals surface area contributed by atoms with Gasteiger partial charge in [-0.1, -0.05) is 13.8 Å². The van der Waals surface area contributed by atoms with Crippen molar-refractivity contribution in [1.29, 1.82) is 0 Å². The highest BCUT2D eigenvalue weighted by Crippen LogP contribution is 1.85. The first-order chi connectivity index (χ1) is 7.33. The van der Waals surface area contributed by atoms with Crippen LogP contribution in [0.4, 0.5) is 0 Å². The maximum atomic E-state index is 8.81. The zero-order valence-electron chi connectivity index (χ0n) is 10.4. The van der Waals surface area contributed by atoms with Crippen LogP contribution in [0.5, 0.6) is 0 Å². The van der Waals surface area contributed by atoms with Gasteiger partial charge in [-0.15, -0.1) is 0 Å². The van der Waals surface area contributed by atoms with Gasteiger partial charge < -0.3 is 25.3 Å². The summed E-state index contributed by atoms with van der Waals surface area (Å²) in [4.78, 5) is 8.81. The van der Waals surface area contributed by atoms with Gasteiger partial charge in [0.05, 0.1) is 26.4 Å². The summed E-state index contributed by atoms with van der Waals surface area (Å²) in [7, 11) is 1.81. The predicted molar refractivity (Wildman–Crippen MR) is 62.8 cm³/mol. The normalized spacial score (nSPS) is 12.9. The van der Waals surface area contributed by atoms with Crippen LogP contribution >= 0.6 is 0 Å². The first kappa shape index (κ1) is 20.0. The van der Waals surface area contributed by atoms with Crippen molar-refractivity contribution in [2.45, 2.75) is 20.8 Å². The lowest BCUT2D eigenvalue weighted by Gasteiger charge is -2.09. The molecule has 0 unspecified atom stereocenters. The topological polar surface area (TPSA) is 73.6 Å². The smallest absolute Gasteiger partial charge is 0.116 e. The molecule has 0 aromatic rings. The summed E-state index contributed by atoms with van der Waals surface area (Å²) in [6.07, 6.45) is 0.750. The fraction of sp³-hybridized carbons (Fsp3) is 0.900. The Morgan fingerprint density at radius 3 is 1.47 bits per heavy atom. The SMILES string of the molecule is C1COCCO1.CC.CC=O.CNCN. The number of aldehydes is 1. The second-order valence-electron chi connectivity index (χ2n) is 2.02. The molecule has 1 saturated heterocycles. The fourth-order valence-corrected chi connectivity index (χ4v) is 0.440. The number of hydrogen-bond donors (Lipinski definition) is 2. The lowest BCUT2D eigenvalue weighted by atomic mass is 10.6. The molecule has 1 heterocycles. The van der Waals surface area contributed by atoms with E-state index in [2.05, 4.69) is 5.32 Å². The molecule has 1 aliphatic heterocycles. The van der Waals surface area contributed by atoms with Crippen LogP contribution in [0, 0.1) is 0 Å². The van der Waals surface area contributed by atoms with Crippen molar-refractivity contribution in [2.75, 3.05) is 40.1 Å². The minimum Gasteiger partial charge on any atom is -0.377 e. The van der Waals surface area contributed by atoms with Crippen LogP contribution in [0.3, 0.4) is 0 Å². The van der Waals surface area contributed by atoms with Crippen molar-refractivity contribution >= 4 is 6.29 Å². The Balaban J connectivity index is -0.000000142. The Morgan fingerprint density at radius 2 is 1.40 bits per heavy atom. The molecule has 0 aromatic heterocycles. The van der Waals surface area contributed by atoms with Crippen molar-refractivity contribution < 1.29 is 14.3 Å². The number of rotatable bonds is 1. The molecule has 1 aliphatic rings. The van der Waals surface area contributed by atoms with Gasteiger partial charge in [0.2, 0.25) is 0 Å². The molecule has 0 saturated carbocycles. The number of nitrogens with one attached hydrogen (secondary N) is 1. The summed E-state index contributed by atoms with van der Waals surface area (Å²) in [5.74, 6) is 0. The molecule has 3 N–H and O–H groups in total. The van der Waals surface area contributed by atoms with Crippen LogP contribution in [0.2, 0.25) is 0 Å². The van der Waals surface area contributed by atoms with E-state index in [9.17, 15) is 0 Å². The van der Waals surface area contributed by atoms with E-state index in [0.717, 1.165) is 32.7 Å². The first-order valence-corrected chi connectivity index (χ1v) is 5.23. The molecular formula is C10H26N2O3. The van der Waals surface area contributed by atoms with Crippen molar-refractivity contribution in [3.63, 3.8) is 0 Å². The highest BCUT2D eigenvalue weighted by molar-refractivity contribution is 5.44. The van der Waals surface area contributed by atoms with E-state index in [0.29, 0.717) is 6.67 Å². The molecule has 0 aromatic carbocycles. The average Bonchev–Trinajstić information content (AvgIpc) is 2.35. The number of nitrogens with two attached hydrogens (primary N) is 1. The summed E-state index contributed by atoms with van der Waals surface area (Å²) < 4.78 is 9.89. The Morgan fingerprint density at radius 1 is 1.20 bits per heavy atom. The highest BCUT2D eigenvalue weighted by Gasteiger charge is 1.94. The molecule has 5 heteroatoms. The maximum absolute atomic E-state index is 8.81. The van der Waals surface area contributed by atoms with Crippen LogP contribution in [0.1, 0.15) is 20.8 Å². The van der Waals surface area contributed by atoms with Gasteiger partial charge in [-0.2, -0.15) is 0 Å². The number of ether oxygens (including phenoxy) is 2. The minimum absolute atomic E-state index is 0.569. The van der Waals surface area contributed by atoms with E-state index in [1.165, 1.54) is 6.92 Å². The van der Waals surface area contributed by atoms with Gasteiger partial charge >= 0.3 is 0 Å². The highest BCUT2D eigenvalue weighted by atomic mass is 16.6. The molecule has 94 valence electrons. The lowest BCUT2D eigenvalue weighted by molar-refractivity contribution is -0.106. The summed E-state index contributed by atoms with van der Waals surface area (Å²) in [6.45, 7) is 9.12. The summed E-state index contributed by atoms with van der Waals surface area (Å²) in [5.41, 5.74) is 4.92. The van der Waals surface area contributed by atoms with Crippen LogP contribution in [-0.4, -0.2) is 46.4 Å². The molecule has 5 nitrogen and oxygen atoms in total. The molecule has 0 bridgehead atoms. The molecule has 0 spiro atoms. The van der Waals surface area contributed by atoms with E-state index in [-0.39, 0.29) is 0 Å². The number of hydrogen-bond acceptors (Lipinski definition) is 5. The number of carbonyl (C=O) groups is 1. The maximum Gasteiger partial charge on any atom is 0.116 e. The van der Waals surface area contributed by atoms with Gasteiger partial charge in [-0.3, -0.25) is 0 Å². The molecule has 0 amide bonds. The molecular weight excluding hydrogens is 196 g/mol. The van der Waals surface area contributed by atoms with Crippen LogP contribution in [0.15, 0.2) is 0 Å². The van der Waals surface area contributed by atoms with Gasteiger partial charge in [0, 0.05) is 6.67 Å². The third kappa shape index (κ3) is 42.2. The fourth-order valence-electron chi connectivity index (χ4n) is 0.440. The third-order valence-electron chi connectivity index (χ3n) is 0.948. The van der Waals surface area contributed by atoms with Crippen molar-refractivity contribution in [3.05, 3.63) is 0 Å². The van der Waals surface area contributed by atoms with E-state index < -0.39 is 0 Å². The van der Waals surface area contributed by atoms with Gasteiger partial charge in [0.1, 0.15) is 6.29 Å². The minimum atomic E-state index is 0.569. The first-order valence-electron chi connectivity index (χ1n) is 5.23. The Hall–Kier alpha value is -0.490. The molecule has 0 atom stereocenters. The standard InChI is InChI=1S/C4H8O2.C2H8N2.C2H4O.C2H6/c1-2-6-4-3-5-1;1-4-2-3;1-2-3;1-2/h1-4H2;4H,2-3H2,1H3;2H,1H3;1-2H3. The van der Waals surface area contributed by atoms with Crippen molar-refractivity contribution in [1.82, 2.24) is 5.32 Å². The second-order valence-corrected chi connectivity index (χ2v) is 2.02. The van der Waals surface area contributed by atoms with E-state index >= 15 is 0 Å². The molecule has 1 fully saturated rings. The van der Waals surface area contributed by atoms with Gasteiger partial charge in [0.15, 0.2) is 0 Å². The Kier molecular flexibility index (Phi) is 38.9. The van der Waals surface area contributed by atoms with Crippen molar-refractivity contribution in [2.24, 2.45) is 5.73 Å². The summed E-state index contributed by atoms with van der Waals surface area (Å²) in [6, 6.07) is 0. The van der Waals surface area contributed by atoms with Gasteiger partial charge in [-0.05, 0) is 14.0 Å². The van der Waals surface area contributed by atoms with Crippen LogP contribution in [-0.2, 0) is 14.3 Å². The zero-order chi connectivity index (χ0) is 12.4. The average molecular weight is 222 g/mol. The van der Waals surface area contributed by atoms with Crippen molar-refractivity contribution in [3.8, 4) is 0 Å². The largest absolute Gasteiger partial charge is 0.377 e.